The highest BCUT2D eigenvalue weighted by molar-refractivity contribution is 7.85. The molecular weight excluding hydrogens is 583 g/mol. The van der Waals surface area contributed by atoms with Gasteiger partial charge in [-0.05, 0) is 67.4 Å². The molecule has 3 atom stereocenters. The van der Waals surface area contributed by atoms with Gasteiger partial charge >= 0.3 is 12.4 Å². The van der Waals surface area contributed by atoms with Crippen LogP contribution in [-0.4, -0.2) is 32.4 Å². The SMILES string of the molecule is CC(O[C@H]1OCCN[C@H]1c1ccc(F)cc1)c1cc(C(F)(F)F)cc(C(F)(F)F)c1.Cc1ccc(S(=O)(=O)O)cc1. The van der Waals surface area contributed by atoms with Crippen LogP contribution in [0.2, 0.25) is 0 Å². The first-order chi connectivity index (χ1) is 18.9. The predicted octanol–water partition coefficient (Wildman–Crippen LogP) is 6.87. The summed E-state index contributed by atoms with van der Waals surface area (Å²) in [6, 6.07) is 12.2. The van der Waals surface area contributed by atoms with Gasteiger partial charge in [0.2, 0.25) is 0 Å². The first-order valence-corrected chi connectivity index (χ1v) is 13.5. The molecule has 14 heteroatoms. The van der Waals surface area contributed by atoms with E-state index in [4.69, 9.17) is 14.0 Å². The normalized spacial score (nSPS) is 18.8. The van der Waals surface area contributed by atoms with Crippen molar-refractivity contribution in [1.29, 1.82) is 0 Å². The number of ether oxygens (including phenoxy) is 2. The van der Waals surface area contributed by atoms with Crippen molar-refractivity contribution in [1.82, 2.24) is 5.32 Å². The Kier molecular flexibility index (Phi) is 10.2. The number of benzene rings is 3. The maximum Gasteiger partial charge on any atom is 0.416 e. The van der Waals surface area contributed by atoms with Gasteiger partial charge in [0.25, 0.3) is 10.1 Å². The van der Waals surface area contributed by atoms with Crippen molar-refractivity contribution >= 4 is 10.1 Å². The zero-order valence-electron chi connectivity index (χ0n) is 21.6. The number of nitrogens with one attached hydrogen (secondary N) is 1. The Morgan fingerprint density at radius 2 is 1.46 bits per heavy atom. The van der Waals surface area contributed by atoms with Crippen molar-refractivity contribution in [3.63, 3.8) is 0 Å². The van der Waals surface area contributed by atoms with Gasteiger partial charge in [-0.25, -0.2) is 4.39 Å². The maximum atomic E-state index is 13.2. The smallest absolute Gasteiger partial charge is 0.349 e. The van der Waals surface area contributed by atoms with Crippen LogP contribution in [0.1, 0.15) is 46.9 Å². The summed E-state index contributed by atoms with van der Waals surface area (Å²) in [5, 5.41) is 3.10. The van der Waals surface area contributed by atoms with Crippen molar-refractivity contribution in [2.75, 3.05) is 13.2 Å². The van der Waals surface area contributed by atoms with E-state index in [2.05, 4.69) is 5.32 Å². The molecule has 0 radical (unpaired) electrons. The number of aryl methyl sites for hydroxylation is 1. The van der Waals surface area contributed by atoms with Gasteiger partial charge in [-0.15, -0.1) is 0 Å². The molecule has 3 aromatic carbocycles. The lowest BCUT2D eigenvalue weighted by atomic mass is 10.0. The second-order valence-corrected chi connectivity index (χ2v) is 10.5. The van der Waals surface area contributed by atoms with E-state index >= 15 is 0 Å². The van der Waals surface area contributed by atoms with Crippen LogP contribution in [0, 0.1) is 12.7 Å². The van der Waals surface area contributed by atoms with E-state index in [-0.39, 0.29) is 23.1 Å². The second kappa shape index (κ2) is 12.9. The van der Waals surface area contributed by atoms with Gasteiger partial charge in [0.1, 0.15) is 5.82 Å². The fourth-order valence-corrected chi connectivity index (χ4v) is 4.33. The Balaban J connectivity index is 0.000000352. The summed E-state index contributed by atoms with van der Waals surface area (Å²) in [6.07, 6.45) is -12.0. The van der Waals surface area contributed by atoms with Crippen LogP contribution in [0.25, 0.3) is 0 Å². The number of halogens is 7. The van der Waals surface area contributed by atoms with E-state index in [0.717, 1.165) is 5.56 Å². The van der Waals surface area contributed by atoms with Gasteiger partial charge in [-0.3, -0.25) is 4.55 Å². The number of morpholine rings is 1. The molecule has 0 saturated carbocycles. The number of alkyl halides is 6. The number of hydrogen-bond donors (Lipinski definition) is 2. The van der Waals surface area contributed by atoms with Gasteiger partial charge in [0.15, 0.2) is 6.29 Å². The molecule has 1 unspecified atom stereocenters. The summed E-state index contributed by atoms with van der Waals surface area (Å²) in [4.78, 5) is -0.0666. The van der Waals surface area contributed by atoms with E-state index in [0.29, 0.717) is 24.2 Å². The summed E-state index contributed by atoms with van der Waals surface area (Å²) in [6.45, 7) is 3.85. The Bertz CT molecular complexity index is 1380. The van der Waals surface area contributed by atoms with Crippen LogP contribution in [0.15, 0.2) is 71.6 Å². The Hall–Kier alpha value is -3.04. The summed E-state index contributed by atoms with van der Waals surface area (Å²) in [7, 11) is -4.02. The Morgan fingerprint density at radius 3 is 1.95 bits per heavy atom. The van der Waals surface area contributed by atoms with Crippen LogP contribution in [0.3, 0.4) is 0 Å². The molecule has 6 nitrogen and oxygen atoms in total. The lowest BCUT2D eigenvalue weighted by Gasteiger charge is -2.34. The second-order valence-electron chi connectivity index (χ2n) is 9.13. The molecule has 1 fully saturated rings. The molecule has 3 aromatic rings. The van der Waals surface area contributed by atoms with E-state index in [9.17, 15) is 39.2 Å². The fourth-order valence-electron chi connectivity index (χ4n) is 3.85. The predicted molar refractivity (Wildman–Crippen MR) is 134 cm³/mol. The highest BCUT2D eigenvalue weighted by Gasteiger charge is 2.38. The summed E-state index contributed by atoms with van der Waals surface area (Å²) >= 11 is 0. The summed E-state index contributed by atoms with van der Waals surface area (Å²) in [5.41, 5.74) is -1.56. The third kappa shape index (κ3) is 9.23. The van der Waals surface area contributed by atoms with Gasteiger partial charge in [-0.1, -0.05) is 29.8 Å². The lowest BCUT2D eigenvalue weighted by Crippen LogP contribution is -2.43. The molecule has 224 valence electrons. The minimum atomic E-state index is -4.95. The molecule has 0 spiro atoms. The number of hydrogen-bond acceptors (Lipinski definition) is 5. The van der Waals surface area contributed by atoms with Gasteiger partial charge < -0.3 is 14.8 Å². The molecular formula is C27H26F7NO5S. The van der Waals surface area contributed by atoms with E-state index in [1.54, 1.807) is 12.1 Å². The molecule has 0 bridgehead atoms. The third-order valence-corrected chi connectivity index (χ3v) is 6.85. The highest BCUT2D eigenvalue weighted by Crippen LogP contribution is 2.38. The topological polar surface area (TPSA) is 84.9 Å². The monoisotopic (exact) mass is 609 g/mol. The first-order valence-electron chi connectivity index (χ1n) is 12.0. The zero-order valence-corrected chi connectivity index (χ0v) is 22.4. The van der Waals surface area contributed by atoms with E-state index in [1.165, 1.54) is 43.3 Å². The van der Waals surface area contributed by atoms with E-state index in [1.807, 2.05) is 6.92 Å². The Labute approximate surface area is 231 Å². The quantitative estimate of drug-likeness (QED) is 0.243. The van der Waals surface area contributed by atoms with Crippen LogP contribution in [0.4, 0.5) is 30.7 Å². The van der Waals surface area contributed by atoms with Crippen molar-refractivity contribution < 1.29 is 53.2 Å². The highest BCUT2D eigenvalue weighted by atomic mass is 32.2. The third-order valence-electron chi connectivity index (χ3n) is 5.99. The summed E-state index contributed by atoms with van der Waals surface area (Å²) in [5.74, 6) is -0.454. The van der Waals surface area contributed by atoms with Crippen LogP contribution in [-0.2, 0) is 31.9 Å². The first kappa shape index (κ1) is 32.5. The maximum absolute atomic E-state index is 13.2. The molecule has 1 heterocycles. The van der Waals surface area contributed by atoms with Crippen LogP contribution in [0.5, 0.6) is 0 Å². The largest absolute Gasteiger partial charge is 0.416 e. The minimum absolute atomic E-state index is 0.0657. The number of rotatable bonds is 5. The molecule has 1 aliphatic heterocycles. The molecule has 0 aromatic heterocycles. The average Bonchev–Trinajstić information content (AvgIpc) is 2.88. The summed E-state index contributed by atoms with van der Waals surface area (Å²) < 4.78 is 133. The van der Waals surface area contributed by atoms with Crippen molar-refractivity contribution in [3.05, 3.63) is 100 Å². The average molecular weight is 610 g/mol. The molecule has 1 aliphatic rings. The fraction of sp³-hybridized carbons (Fsp3) is 0.333. The standard InChI is InChI=1S/C20H18F7NO2.C7H8O3S/c1-11(13-8-14(19(22,23)24)10-15(9-13)20(25,26)27)30-18-17(28-6-7-29-18)12-2-4-16(21)5-3-12;1-6-2-4-7(5-3-6)11(8,9)10/h2-5,8-11,17-18,28H,6-7H2,1H3;2-5H,1H3,(H,8,9,10)/t11?,17-,18+;/m0./s1. The van der Waals surface area contributed by atoms with Crippen LogP contribution >= 0.6 is 0 Å². The van der Waals surface area contributed by atoms with Gasteiger partial charge in [0, 0.05) is 6.54 Å². The molecule has 2 N–H and O–H groups in total. The zero-order chi connectivity index (χ0) is 30.6. The van der Waals surface area contributed by atoms with Crippen molar-refractivity contribution in [3.8, 4) is 0 Å². The van der Waals surface area contributed by atoms with Gasteiger partial charge in [0.05, 0.1) is 34.8 Å². The molecule has 1 saturated heterocycles. The van der Waals surface area contributed by atoms with E-state index < -0.39 is 57.9 Å². The minimum Gasteiger partial charge on any atom is -0.349 e. The van der Waals surface area contributed by atoms with Crippen molar-refractivity contribution in [2.45, 2.75) is 49.5 Å². The van der Waals surface area contributed by atoms with Crippen LogP contribution < -0.4 is 5.32 Å². The Morgan fingerprint density at radius 1 is 0.927 bits per heavy atom. The lowest BCUT2D eigenvalue weighted by molar-refractivity contribution is -0.200. The van der Waals surface area contributed by atoms with Gasteiger partial charge in [-0.2, -0.15) is 34.8 Å². The molecule has 0 aliphatic carbocycles. The van der Waals surface area contributed by atoms with Crippen molar-refractivity contribution in [2.24, 2.45) is 0 Å². The molecule has 0 amide bonds. The molecule has 41 heavy (non-hydrogen) atoms. The molecule has 4 rings (SSSR count).